The maximum absolute atomic E-state index is 12.6. The van der Waals surface area contributed by atoms with Crippen LogP contribution in [0.2, 0.25) is 0 Å². The summed E-state index contributed by atoms with van der Waals surface area (Å²) in [5, 5.41) is 3.04. The number of para-hydroxylation sites is 2. The van der Waals surface area contributed by atoms with E-state index < -0.39 is 0 Å². The van der Waals surface area contributed by atoms with E-state index in [1.165, 1.54) is 0 Å². The van der Waals surface area contributed by atoms with E-state index in [1.807, 2.05) is 43.3 Å². The van der Waals surface area contributed by atoms with Crippen LogP contribution in [-0.4, -0.2) is 20.4 Å². The van der Waals surface area contributed by atoms with E-state index in [2.05, 4.69) is 45.2 Å². The highest BCUT2D eigenvalue weighted by atomic mass is 16.1. The number of benzene rings is 2. The molecule has 0 radical (unpaired) electrons. The van der Waals surface area contributed by atoms with Crippen molar-refractivity contribution in [3.05, 3.63) is 102 Å². The lowest BCUT2D eigenvalue weighted by molar-refractivity contribution is 0.0937. The third-order valence-corrected chi connectivity index (χ3v) is 4.74. The van der Waals surface area contributed by atoms with Gasteiger partial charge in [-0.2, -0.15) is 0 Å². The summed E-state index contributed by atoms with van der Waals surface area (Å²) in [7, 11) is 0. The van der Waals surface area contributed by atoms with Crippen molar-refractivity contribution >= 4 is 23.0 Å². The summed E-state index contributed by atoms with van der Waals surface area (Å²) in [5.41, 5.74) is 3.64. The van der Waals surface area contributed by atoms with Crippen LogP contribution in [-0.2, 0) is 6.54 Å². The highest BCUT2D eigenvalue weighted by Gasteiger charge is 2.18. The van der Waals surface area contributed by atoms with Gasteiger partial charge in [0.15, 0.2) is 0 Å². The van der Waals surface area contributed by atoms with Gasteiger partial charge >= 0.3 is 0 Å². The molecule has 5 heteroatoms. The van der Waals surface area contributed by atoms with Crippen LogP contribution in [0.5, 0.6) is 0 Å². The molecule has 0 fully saturated rings. The fourth-order valence-electron chi connectivity index (χ4n) is 3.32. The molecule has 0 saturated carbocycles. The molecule has 0 bridgehead atoms. The van der Waals surface area contributed by atoms with Gasteiger partial charge in [0, 0.05) is 18.9 Å². The summed E-state index contributed by atoms with van der Waals surface area (Å²) in [6, 6.07) is 21.5. The zero-order valence-corrected chi connectivity index (χ0v) is 16.2. The fourth-order valence-corrected chi connectivity index (χ4v) is 3.32. The number of aromatic nitrogens is 3. The van der Waals surface area contributed by atoms with E-state index in [-0.39, 0.29) is 11.9 Å². The second-order valence-electron chi connectivity index (χ2n) is 6.82. The molecule has 0 aliphatic heterocycles. The van der Waals surface area contributed by atoms with Gasteiger partial charge in [0.2, 0.25) is 0 Å². The Bertz CT molecular complexity index is 1130. The summed E-state index contributed by atoms with van der Waals surface area (Å²) in [5.74, 6) is 0.658. The van der Waals surface area contributed by atoms with Crippen LogP contribution in [0.4, 0.5) is 0 Å². The molecule has 5 nitrogen and oxygen atoms in total. The van der Waals surface area contributed by atoms with Crippen LogP contribution < -0.4 is 5.32 Å². The lowest BCUT2D eigenvalue weighted by Crippen LogP contribution is -2.28. The number of fused-ring (bicyclic) bond motifs is 1. The fraction of sp³-hybridized carbons (Fsp3) is 0.125. The van der Waals surface area contributed by atoms with Crippen molar-refractivity contribution in [3.63, 3.8) is 0 Å². The Labute approximate surface area is 169 Å². The summed E-state index contributed by atoms with van der Waals surface area (Å²) >= 11 is 0. The van der Waals surface area contributed by atoms with Crippen molar-refractivity contribution in [2.24, 2.45) is 0 Å². The quantitative estimate of drug-likeness (QED) is 0.529. The topological polar surface area (TPSA) is 59.8 Å². The Morgan fingerprint density at radius 2 is 1.86 bits per heavy atom. The van der Waals surface area contributed by atoms with E-state index in [4.69, 9.17) is 4.98 Å². The molecule has 4 rings (SSSR count). The SMILES string of the molecule is CC(NC(=O)c1cccnc1)c1nc2ccccc2n1C/C=C/c1ccccc1. The summed E-state index contributed by atoms with van der Waals surface area (Å²) in [6.07, 6.45) is 7.42. The van der Waals surface area contributed by atoms with Crippen LogP contribution in [0.15, 0.2) is 85.2 Å². The van der Waals surface area contributed by atoms with Gasteiger partial charge < -0.3 is 9.88 Å². The number of nitrogens with one attached hydrogen (secondary N) is 1. The van der Waals surface area contributed by atoms with E-state index >= 15 is 0 Å². The highest BCUT2D eigenvalue weighted by molar-refractivity contribution is 5.94. The molecular formula is C24H22N4O. The molecule has 0 saturated heterocycles. The minimum absolute atomic E-state index is 0.163. The van der Waals surface area contributed by atoms with Crippen molar-refractivity contribution < 1.29 is 4.79 Å². The molecule has 2 aromatic heterocycles. The van der Waals surface area contributed by atoms with Crippen LogP contribution in [0.1, 0.15) is 34.7 Å². The number of imidazole rings is 1. The average Bonchev–Trinajstić information content (AvgIpc) is 3.14. The number of carbonyl (C=O) groups is 1. The van der Waals surface area contributed by atoms with E-state index in [1.54, 1.807) is 24.5 Å². The Morgan fingerprint density at radius 1 is 1.07 bits per heavy atom. The molecule has 4 aromatic rings. The molecule has 2 aromatic carbocycles. The molecule has 0 aliphatic rings. The maximum atomic E-state index is 12.6. The highest BCUT2D eigenvalue weighted by Crippen LogP contribution is 2.21. The van der Waals surface area contributed by atoms with Crippen molar-refractivity contribution in [2.45, 2.75) is 19.5 Å². The third kappa shape index (κ3) is 4.24. The summed E-state index contributed by atoms with van der Waals surface area (Å²) in [6.45, 7) is 2.62. The lowest BCUT2D eigenvalue weighted by Gasteiger charge is -2.15. The Kier molecular flexibility index (Phi) is 5.47. The molecule has 1 N–H and O–H groups in total. The Hall–Kier alpha value is -3.73. The van der Waals surface area contributed by atoms with E-state index in [0.29, 0.717) is 12.1 Å². The smallest absolute Gasteiger partial charge is 0.253 e. The van der Waals surface area contributed by atoms with Gasteiger partial charge in [-0.15, -0.1) is 0 Å². The van der Waals surface area contributed by atoms with Gasteiger partial charge in [-0.1, -0.05) is 54.6 Å². The number of hydrogen-bond acceptors (Lipinski definition) is 3. The van der Waals surface area contributed by atoms with Crippen molar-refractivity contribution in [3.8, 4) is 0 Å². The molecule has 1 atom stereocenters. The molecule has 0 aliphatic carbocycles. The van der Waals surface area contributed by atoms with E-state index in [9.17, 15) is 4.79 Å². The zero-order valence-electron chi connectivity index (χ0n) is 16.2. The summed E-state index contributed by atoms with van der Waals surface area (Å²) < 4.78 is 2.14. The number of carbonyl (C=O) groups excluding carboxylic acids is 1. The monoisotopic (exact) mass is 382 g/mol. The lowest BCUT2D eigenvalue weighted by atomic mass is 10.2. The minimum Gasteiger partial charge on any atom is -0.342 e. The van der Waals surface area contributed by atoms with E-state index in [0.717, 1.165) is 22.4 Å². The van der Waals surface area contributed by atoms with Crippen LogP contribution in [0, 0.1) is 0 Å². The first-order valence-corrected chi connectivity index (χ1v) is 9.60. The summed E-state index contributed by atoms with van der Waals surface area (Å²) in [4.78, 5) is 21.4. The van der Waals surface area contributed by atoms with Crippen LogP contribution in [0.25, 0.3) is 17.1 Å². The Morgan fingerprint density at radius 3 is 2.66 bits per heavy atom. The minimum atomic E-state index is -0.250. The largest absolute Gasteiger partial charge is 0.342 e. The number of pyridine rings is 1. The third-order valence-electron chi connectivity index (χ3n) is 4.74. The van der Waals surface area contributed by atoms with Gasteiger partial charge in [0.05, 0.1) is 22.6 Å². The molecule has 1 unspecified atom stereocenters. The molecule has 29 heavy (non-hydrogen) atoms. The first-order chi connectivity index (χ1) is 14.2. The average molecular weight is 382 g/mol. The number of allylic oxidation sites excluding steroid dienone is 1. The number of rotatable bonds is 6. The number of hydrogen-bond donors (Lipinski definition) is 1. The van der Waals surface area contributed by atoms with Crippen molar-refractivity contribution in [2.75, 3.05) is 0 Å². The van der Waals surface area contributed by atoms with Gasteiger partial charge in [0.25, 0.3) is 5.91 Å². The van der Waals surface area contributed by atoms with Gasteiger partial charge in [-0.25, -0.2) is 4.98 Å². The molecular weight excluding hydrogens is 360 g/mol. The standard InChI is InChI=1S/C24H22N4O/c1-18(26-24(29)20-12-7-15-25-17-20)23-27-21-13-5-6-14-22(21)28(23)16-8-11-19-9-3-2-4-10-19/h2-15,17-18H,16H2,1H3,(H,26,29)/b11-8+. The normalized spacial score (nSPS) is 12.3. The second-order valence-corrected chi connectivity index (χ2v) is 6.82. The molecule has 2 heterocycles. The van der Waals surface area contributed by atoms with Gasteiger partial charge in [0.1, 0.15) is 5.82 Å². The van der Waals surface area contributed by atoms with Gasteiger partial charge in [-0.05, 0) is 36.8 Å². The van der Waals surface area contributed by atoms with Crippen molar-refractivity contribution in [1.29, 1.82) is 0 Å². The number of amides is 1. The second kappa shape index (κ2) is 8.52. The Balaban J connectivity index is 1.60. The van der Waals surface area contributed by atoms with Crippen molar-refractivity contribution in [1.82, 2.24) is 19.9 Å². The van der Waals surface area contributed by atoms with Crippen LogP contribution in [0.3, 0.4) is 0 Å². The van der Waals surface area contributed by atoms with Gasteiger partial charge in [-0.3, -0.25) is 9.78 Å². The first kappa shape index (κ1) is 18.6. The molecule has 0 spiro atoms. The first-order valence-electron chi connectivity index (χ1n) is 9.60. The van der Waals surface area contributed by atoms with Crippen LogP contribution >= 0.6 is 0 Å². The predicted molar refractivity (Wildman–Crippen MR) is 115 cm³/mol. The zero-order chi connectivity index (χ0) is 20.1. The number of nitrogens with zero attached hydrogens (tertiary/aromatic N) is 3. The predicted octanol–water partition coefficient (Wildman–Crippen LogP) is 4.64. The maximum Gasteiger partial charge on any atom is 0.253 e. The molecule has 1 amide bonds. The molecule has 144 valence electrons.